The summed E-state index contributed by atoms with van der Waals surface area (Å²) in [6, 6.07) is 15.2. The molecule has 0 spiro atoms. The van der Waals surface area contributed by atoms with Crippen molar-refractivity contribution in [3.63, 3.8) is 0 Å². The fourth-order valence-corrected chi connectivity index (χ4v) is 3.51. The van der Waals surface area contributed by atoms with Gasteiger partial charge < -0.3 is 25.4 Å². The lowest BCUT2D eigenvalue weighted by Crippen LogP contribution is -2.46. The normalized spacial score (nSPS) is 17.3. The predicted octanol–water partition coefficient (Wildman–Crippen LogP) is 2.89. The minimum Gasteiger partial charge on any atom is -0.497 e. The summed E-state index contributed by atoms with van der Waals surface area (Å²) in [6.45, 7) is 5.18. The van der Waals surface area contributed by atoms with Crippen LogP contribution in [0.5, 0.6) is 11.5 Å². The van der Waals surface area contributed by atoms with Crippen LogP contribution < -0.4 is 25.4 Å². The van der Waals surface area contributed by atoms with Crippen molar-refractivity contribution >= 4 is 11.9 Å². The van der Waals surface area contributed by atoms with Crippen LogP contribution in [-0.4, -0.2) is 44.7 Å². The Balaban J connectivity index is 1.52. The van der Waals surface area contributed by atoms with E-state index in [4.69, 9.17) is 9.47 Å². The minimum absolute atomic E-state index is 0.0857. The van der Waals surface area contributed by atoms with Gasteiger partial charge in [-0.2, -0.15) is 0 Å². The van der Waals surface area contributed by atoms with E-state index in [9.17, 15) is 4.79 Å². The van der Waals surface area contributed by atoms with Gasteiger partial charge >= 0.3 is 0 Å². The lowest BCUT2D eigenvalue weighted by atomic mass is 9.90. The number of aliphatic imine (C=N–C) groups is 1. The highest BCUT2D eigenvalue weighted by atomic mass is 16.5. The number of fused-ring (bicyclic) bond motifs is 1. The van der Waals surface area contributed by atoms with Gasteiger partial charge in [0, 0.05) is 37.7 Å². The zero-order chi connectivity index (χ0) is 21.6. The molecule has 3 rings (SSSR count). The fraction of sp³-hybridized carbons (Fsp3) is 0.391. The van der Waals surface area contributed by atoms with Crippen molar-refractivity contribution in [3.8, 4) is 11.5 Å². The second-order valence-electron chi connectivity index (χ2n) is 7.79. The number of amides is 1. The fourth-order valence-electron chi connectivity index (χ4n) is 3.51. The molecule has 0 saturated carbocycles. The molecule has 2 aromatic carbocycles. The Morgan fingerprint density at radius 3 is 2.70 bits per heavy atom. The van der Waals surface area contributed by atoms with E-state index < -0.39 is 0 Å². The standard InChI is InChI=1S/C23H30N4O3/c1-23(2)15-19(18-10-5-6-11-20(18)30-23)27-22(24-3)26-13-12-25-21(28)16-8-7-9-17(14-16)29-4/h5-11,14,19H,12-13,15H2,1-4H3,(H,25,28)(H2,24,26,27). The maximum Gasteiger partial charge on any atom is 0.251 e. The molecular weight excluding hydrogens is 380 g/mol. The van der Waals surface area contributed by atoms with Gasteiger partial charge in [-0.3, -0.25) is 9.79 Å². The van der Waals surface area contributed by atoms with E-state index in [2.05, 4.69) is 40.9 Å². The monoisotopic (exact) mass is 410 g/mol. The molecule has 1 aliphatic rings. The third kappa shape index (κ3) is 5.43. The molecule has 0 fully saturated rings. The van der Waals surface area contributed by atoms with Crippen LogP contribution in [0.3, 0.4) is 0 Å². The molecule has 0 aromatic heterocycles. The third-order valence-electron chi connectivity index (χ3n) is 4.95. The van der Waals surface area contributed by atoms with Gasteiger partial charge in [0.25, 0.3) is 5.91 Å². The number of carbonyl (C=O) groups is 1. The molecule has 1 heterocycles. The van der Waals surface area contributed by atoms with Crippen LogP contribution in [0.15, 0.2) is 53.5 Å². The van der Waals surface area contributed by atoms with E-state index in [1.54, 1.807) is 32.4 Å². The number of carbonyl (C=O) groups excluding carboxylic acids is 1. The zero-order valence-corrected chi connectivity index (χ0v) is 18.0. The van der Waals surface area contributed by atoms with Crippen molar-refractivity contribution in [3.05, 3.63) is 59.7 Å². The van der Waals surface area contributed by atoms with Crippen molar-refractivity contribution < 1.29 is 14.3 Å². The van der Waals surface area contributed by atoms with Crippen LogP contribution in [0, 0.1) is 0 Å². The Morgan fingerprint density at radius 1 is 1.17 bits per heavy atom. The molecule has 1 atom stereocenters. The first-order valence-electron chi connectivity index (χ1n) is 10.1. The van der Waals surface area contributed by atoms with Crippen LogP contribution >= 0.6 is 0 Å². The number of nitrogens with zero attached hydrogens (tertiary/aromatic N) is 1. The largest absolute Gasteiger partial charge is 0.497 e. The summed E-state index contributed by atoms with van der Waals surface area (Å²) in [5.74, 6) is 2.10. The average molecular weight is 411 g/mol. The second-order valence-corrected chi connectivity index (χ2v) is 7.79. The summed E-state index contributed by atoms with van der Waals surface area (Å²) >= 11 is 0. The number of guanidine groups is 1. The molecule has 0 radical (unpaired) electrons. The highest BCUT2D eigenvalue weighted by Crippen LogP contribution is 2.39. The Hall–Kier alpha value is -3.22. The zero-order valence-electron chi connectivity index (χ0n) is 18.0. The van der Waals surface area contributed by atoms with E-state index >= 15 is 0 Å². The van der Waals surface area contributed by atoms with E-state index in [1.165, 1.54) is 0 Å². The first kappa shape index (κ1) is 21.5. The molecule has 2 aromatic rings. The van der Waals surface area contributed by atoms with Gasteiger partial charge in [-0.15, -0.1) is 0 Å². The van der Waals surface area contributed by atoms with Gasteiger partial charge in [-0.1, -0.05) is 24.3 Å². The lowest BCUT2D eigenvalue weighted by molar-refractivity contribution is 0.0694. The first-order valence-corrected chi connectivity index (χ1v) is 10.1. The summed E-state index contributed by atoms with van der Waals surface area (Å²) in [7, 11) is 3.32. The number of para-hydroxylation sites is 1. The van der Waals surface area contributed by atoms with E-state index in [0.29, 0.717) is 30.4 Å². The summed E-state index contributed by atoms with van der Waals surface area (Å²) in [5, 5.41) is 9.65. The Bertz CT molecular complexity index is 911. The highest BCUT2D eigenvalue weighted by molar-refractivity contribution is 5.94. The van der Waals surface area contributed by atoms with Crippen LogP contribution in [0.2, 0.25) is 0 Å². The summed E-state index contributed by atoms with van der Waals surface area (Å²) < 4.78 is 11.3. The maximum atomic E-state index is 12.3. The topological polar surface area (TPSA) is 84.0 Å². The third-order valence-corrected chi connectivity index (χ3v) is 4.95. The van der Waals surface area contributed by atoms with Crippen molar-refractivity contribution in [1.29, 1.82) is 0 Å². The van der Waals surface area contributed by atoms with Gasteiger partial charge in [0.1, 0.15) is 17.1 Å². The summed E-state index contributed by atoms with van der Waals surface area (Å²) in [5.41, 5.74) is 1.42. The quantitative estimate of drug-likeness (QED) is 0.387. The molecule has 1 aliphatic heterocycles. The average Bonchev–Trinajstić information content (AvgIpc) is 2.74. The van der Waals surface area contributed by atoms with Gasteiger partial charge in [0.2, 0.25) is 0 Å². The van der Waals surface area contributed by atoms with Gasteiger partial charge in [-0.25, -0.2) is 0 Å². The van der Waals surface area contributed by atoms with Crippen LogP contribution in [0.4, 0.5) is 0 Å². The smallest absolute Gasteiger partial charge is 0.251 e. The van der Waals surface area contributed by atoms with Crippen LogP contribution in [-0.2, 0) is 0 Å². The Labute approximate surface area is 177 Å². The van der Waals surface area contributed by atoms with Crippen LogP contribution in [0.1, 0.15) is 42.2 Å². The van der Waals surface area contributed by atoms with Gasteiger partial charge in [0.15, 0.2) is 5.96 Å². The van der Waals surface area contributed by atoms with Gasteiger partial charge in [0.05, 0.1) is 13.2 Å². The number of nitrogens with one attached hydrogen (secondary N) is 3. The number of rotatable bonds is 6. The summed E-state index contributed by atoms with van der Waals surface area (Å²) in [6.07, 6.45) is 0.817. The minimum atomic E-state index is -0.268. The molecule has 1 amide bonds. The Morgan fingerprint density at radius 2 is 1.93 bits per heavy atom. The molecule has 0 saturated heterocycles. The number of benzene rings is 2. The lowest BCUT2D eigenvalue weighted by Gasteiger charge is -2.38. The Kier molecular flexibility index (Phi) is 6.82. The molecule has 160 valence electrons. The molecule has 0 bridgehead atoms. The molecule has 3 N–H and O–H groups in total. The van der Waals surface area contributed by atoms with Gasteiger partial charge in [-0.05, 0) is 38.1 Å². The number of ether oxygens (including phenoxy) is 2. The SMILES string of the molecule is CN=C(NCCNC(=O)c1cccc(OC)c1)NC1CC(C)(C)Oc2ccccc21. The van der Waals surface area contributed by atoms with Crippen molar-refractivity contribution in [1.82, 2.24) is 16.0 Å². The number of hydrogen-bond acceptors (Lipinski definition) is 4. The molecular formula is C23H30N4O3. The van der Waals surface area contributed by atoms with E-state index in [0.717, 1.165) is 17.7 Å². The van der Waals surface area contributed by atoms with Crippen molar-refractivity contribution in [2.24, 2.45) is 4.99 Å². The molecule has 30 heavy (non-hydrogen) atoms. The van der Waals surface area contributed by atoms with E-state index in [-0.39, 0.29) is 17.6 Å². The molecule has 1 unspecified atom stereocenters. The number of methoxy groups -OCH3 is 1. The summed E-state index contributed by atoms with van der Waals surface area (Å²) in [4.78, 5) is 16.6. The molecule has 7 heteroatoms. The van der Waals surface area contributed by atoms with E-state index in [1.807, 2.05) is 24.3 Å². The number of hydrogen-bond donors (Lipinski definition) is 3. The maximum absolute atomic E-state index is 12.3. The second kappa shape index (κ2) is 9.52. The predicted molar refractivity (Wildman–Crippen MR) is 118 cm³/mol. The molecule has 7 nitrogen and oxygen atoms in total. The highest BCUT2D eigenvalue weighted by Gasteiger charge is 2.33. The first-order chi connectivity index (χ1) is 14.4. The molecule has 0 aliphatic carbocycles. The van der Waals surface area contributed by atoms with Crippen LogP contribution in [0.25, 0.3) is 0 Å². The van der Waals surface area contributed by atoms with Crippen molar-refractivity contribution in [2.45, 2.75) is 31.9 Å². The van der Waals surface area contributed by atoms with Crippen molar-refractivity contribution in [2.75, 3.05) is 27.2 Å².